The van der Waals surface area contributed by atoms with Crippen molar-refractivity contribution < 1.29 is 30.6 Å². The molecule has 134 valence electrons. The Morgan fingerprint density at radius 1 is 1.00 bits per heavy atom. The molecular weight excluding hydrogens is 343 g/mol. The number of alkyl halides is 3. The molecule has 24 heavy (non-hydrogen) atoms. The minimum absolute atomic E-state index is 0.506. The van der Waals surface area contributed by atoms with Crippen LogP contribution in [0.4, 0.5) is 13.2 Å². The number of hydrogen-bond acceptors (Lipinski definition) is 3. The van der Waals surface area contributed by atoms with Crippen LogP contribution in [0.15, 0.2) is 42.5 Å². The smallest absolute Gasteiger partial charge is 0.485 e. The van der Waals surface area contributed by atoms with E-state index in [1.54, 1.807) is 0 Å². The van der Waals surface area contributed by atoms with Crippen molar-refractivity contribution in [2.24, 2.45) is 0 Å². The van der Waals surface area contributed by atoms with Crippen molar-refractivity contribution in [3.05, 3.63) is 48.0 Å². The van der Waals surface area contributed by atoms with Crippen LogP contribution in [0.25, 0.3) is 10.8 Å². The highest BCUT2D eigenvalue weighted by Crippen LogP contribution is 2.29. The van der Waals surface area contributed by atoms with Gasteiger partial charge < -0.3 is 9.04 Å². The summed E-state index contributed by atoms with van der Waals surface area (Å²) in [7, 11) is 0.637. The molecular formula is C16H20F3NO3S. The molecule has 0 saturated carbocycles. The normalized spacial score (nSPS) is 14.0. The predicted octanol–water partition coefficient (Wildman–Crippen LogP) is 3.66. The van der Waals surface area contributed by atoms with Crippen molar-refractivity contribution in [1.29, 1.82) is 0 Å². The molecule has 0 saturated heterocycles. The molecule has 0 aliphatic carbocycles. The highest BCUT2D eigenvalue weighted by atomic mass is 32.2. The second-order valence-electron chi connectivity index (χ2n) is 6.26. The fourth-order valence-electron chi connectivity index (χ4n) is 2.03. The Morgan fingerprint density at radius 3 is 1.92 bits per heavy atom. The van der Waals surface area contributed by atoms with E-state index in [0.29, 0.717) is 6.04 Å². The molecule has 0 fully saturated rings. The molecule has 2 rings (SSSR count). The van der Waals surface area contributed by atoms with E-state index in [-0.39, 0.29) is 0 Å². The van der Waals surface area contributed by atoms with E-state index < -0.39 is 15.6 Å². The Bertz CT molecular complexity index is 791. The summed E-state index contributed by atoms with van der Waals surface area (Å²) in [5.74, 6) is 0. The quantitative estimate of drug-likeness (QED) is 0.465. The van der Waals surface area contributed by atoms with Crippen molar-refractivity contribution in [2.75, 3.05) is 21.1 Å². The average Bonchev–Trinajstić information content (AvgIpc) is 2.43. The Balaban J connectivity index is 0.000000307. The molecule has 1 unspecified atom stereocenters. The summed E-state index contributed by atoms with van der Waals surface area (Å²) in [6.07, 6.45) is 0. The Hall–Kier alpha value is -1.64. The van der Waals surface area contributed by atoms with Crippen LogP contribution in [-0.4, -0.2) is 44.1 Å². The van der Waals surface area contributed by atoms with Crippen molar-refractivity contribution in [3.8, 4) is 0 Å². The van der Waals surface area contributed by atoms with E-state index in [2.05, 4.69) is 70.5 Å². The van der Waals surface area contributed by atoms with Crippen LogP contribution in [0.3, 0.4) is 0 Å². The number of halogens is 3. The van der Waals surface area contributed by atoms with Gasteiger partial charge in [-0.05, 0) is 17.7 Å². The van der Waals surface area contributed by atoms with Gasteiger partial charge in [-0.1, -0.05) is 42.5 Å². The molecule has 0 aliphatic heterocycles. The van der Waals surface area contributed by atoms with Gasteiger partial charge >= 0.3 is 5.51 Å². The second kappa shape index (κ2) is 7.08. The zero-order valence-electron chi connectivity index (χ0n) is 13.8. The number of hydrogen-bond donors (Lipinski definition) is 0. The van der Waals surface area contributed by atoms with Gasteiger partial charge in [-0.25, -0.2) is 8.42 Å². The van der Waals surface area contributed by atoms with Crippen LogP contribution in [0.5, 0.6) is 0 Å². The molecule has 0 spiro atoms. The Labute approximate surface area is 139 Å². The summed E-state index contributed by atoms with van der Waals surface area (Å²) in [6, 6.07) is 15.7. The van der Waals surface area contributed by atoms with E-state index in [9.17, 15) is 13.2 Å². The number of rotatable bonds is 2. The third-order valence-corrected chi connectivity index (χ3v) is 4.29. The van der Waals surface area contributed by atoms with Crippen LogP contribution in [-0.2, 0) is 10.1 Å². The summed E-state index contributed by atoms with van der Waals surface area (Å²) in [6.45, 7) is 2.29. The first-order valence-corrected chi connectivity index (χ1v) is 8.47. The maximum absolute atomic E-state index is 10.7. The molecule has 8 heteroatoms. The highest BCUT2D eigenvalue weighted by Gasteiger charge is 2.36. The summed E-state index contributed by atoms with van der Waals surface area (Å²) in [4.78, 5) is 0. The molecule has 0 bridgehead atoms. The number of benzene rings is 2. The number of quaternary nitrogens is 1. The summed E-state index contributed by atoms with van der Waals surface area (Å²) in [5, 5.41) is 2.71. The molecule has 2 aromatic carbocycles. The highest BCUT2D eigenvalue weighted by molar-refractivity contribution is 7.86. The molecule has 2 aromatic rings. The first kappa shape index (κ1) is 20.4. The van der Waals surface area contributed by atoms with Crippen LogP contribution in [0.2, 0.25) is 0 Å². The minimum atomic E-state index is -6.09. The zero-order chi connectivity index (χ0) is 18.8. The standard InChI is InChI=1S/C15H20N.CHF3O3S/c1-12(16(2,3)4)14-11-7-9-13-8-5-6-10-15(13)14;2-1(3,4)8(5,6)7/h5-12H,1-4H3;(H,5,6,7)/q+1;/p-1. The summed E-state index contributed by atoms with van der Waals surface area (Å²) >= 11 is 0. The van der Waals surface area contributed by atoms with Gasteiger partial charge in [0.25, 0.3) is 0 Å². The van der Waals surface area contributed by atoms with Gasteiger partial charge in [-0.3, -0.25) is 0 Å². The van der Waals surface area contributed by atoms with Gasteiger partial charge in [-0.15, -0.1) is 0 Å². The first-order valence-electron chi connectivity index (χ1n) is 7.06. The number of fused-ring (bicyclic) bond motifs is 1. The van der Waals surface area contributed by atoms with E-state index in [1.165, 1.54) is 16.3 Å². The van der Waals surface area contributed by atoms with Gasteiger partial charge in [0.15, 0.2) is 10.1 Å². The first-order chi connectivity index (χ1) is 10.7. The van der Waals surface area contributed by atoms with Crippen LogP contribution in [0, 0.1) is 0 Å². The average molecular weight is 363 g/mol. The molecule has 0 aromatic heterocycles. The molecule has 0 radical (unpaired) electrons. The van der Waals surface area contributed by atoms with Gasteiger partial charge in [0.1, 0.15) is 6.04 Å². The van der Waals surface area contributed by atoms with E-state index in [0.717, 1.165) is 4.48 Å². The maximum atomic E-state index is 10.7. The fraction of sp³-hybridized carbons (Fsp3) is 0.375. The van der Waals surface area contributed by atoms with Gasteiger partial charge in [-0.2, -0.15) is 13.2 Å². The Morgan fingerprint density at radius 2 is 1.46 bits per heavy atom. The predicted molar refractivity (Wildman–Crippen MR) is 86.1 cm³/mol. The third kappa shape index (κ3) is 5.19. The summed E-state index contributed by atoms with van der Waals surface area (Å²) < 4.78 is 59.9. The lowest BCUT2D eigenvalue weighted by atomic mass is 9.98. The van der Waals surface area contributed by atoms with Crippen molar-refractivity contribution >= 4 is 20.9 Å². The van der Waals surface area contributed by atoms with Gasteiger partial charge in [0.2, 0.25) is 0 Å². The van der Waals surface area contributed by atoms with Crippen molar-refractivity contribution in [1.82, 2.24) is 0 Å². The zero-order valence-corrected chi connectivity index (χ0v) is 14.6. The Kier molecular flexibility index (Phi) is 6.02. The van der Waals surface area contributed by atoms with E-state index in [1.807, 2.05) is 0 Å². The van der Waals surface area contributed by atoms with Crippen molar-refractivity contribution in [3.63, 3.8) is 0 Å². The van der Waals surface area contributed by atoms with Crippen LogP contribution in [0.1, 0.15) is 18.5 Å². The maximum Gasteiger partial charge on any atom is 0.485 e. The molecule has 0 aliphatic rings. The van der Waals surface area contributed by atoms with Crippen LogP contribution < -0.4 is 0 Å². The molecule has 1 atom stereocenters. The second-order valence-corrected chi connectivity index (χ2v) is 7.63. The lowest BCUT2D eigenvalue weighted by Gasteiger charge is -2.32. The number of nitrogens with zero attached hydrogens (tertiary/aromatic N) is 1. The lowest BCUT2D eigenvalue weighted by Crippen LogP contribution is -2.37. The minimum Gasteiger partial charge on any atom is -0.741 e. The molecule has 4 nitrogen and oxygen atoms in total. The molecule has 0 N–H and O–H groups in total. The SMILES string of the molecule is CC(c1cccc2ccccc12)[N+](C)(C)C.O=S(=O)([O-])C(F)(F)F. The monoisotopic (exact) mass is 363 g/mol. The molecule has 0 amide bonds. The van der Waals surface area contributed by atoms with E-state index >= 15 is 0 Å². The van der Waals surface area contributed by atoms with E-state index in [4.69, 9.17) is 13.0 Å². The van der Waals surface area contributed by atoms with Gasteiger partial charge in [0, 0.05) is 5.56 Å². The van der Waals surface area contributed by atoms with Crippen molar-refractivity contribution in [2.45, 2.75) is 18.5 Å². The van der Waals surface area contributed by atoms with Crippen LogP contribution >= 0.6 is 0 Å². The van der Waals surface area contributed by atoms with Gasteiger partial charge in [0.05, 0.1) is 21.1 Å². The topological polar surface area (TPSA) is 57.2 Å². The largest absolute Gasteiger partial charge is 0.741 e. The lowest BCUT2D eigenvalue weighted by molar-refractivity contribution is -0.900. The third-order valence-electron chi connectivity index (χ3n) is 3.72. The fourth-order valence-corrected chi connectivity index (χ4v) is 2.03. The molecule has 0 heterocycles. The summed E-state index contributed by atoms with van der Waals surface area (Å²) in [5.41, 5.74) is -4.21.